The molecule has 1 unspecified atom stereocenters. The van der Waals surface area contributed by atoms with Crippen LogP contribution in [0.3, 0.4) is 0 Å². The summed E-state index contributed by atoms with van der Waals surface area (Å²) in [7, 11) is 1.72. The number of hydrogen-bond acceptors (Lipinski definition) is 2. The fourth-order valence-electron chi connectivity index (χ4n) is 3.15. The minimum Gasteiger partial charge on any atom is -0.497 e. The fourth-order valence-corrected chi connectivity index (χ4v) is 3.15. The van der Waals surface area contributed by atoms with E-state index in [1.165, 1.54) is 35.1 Å². The number of rotatable bonds is 5. The van der Waals surface area contributed by atoms with Crippen LogP contribution in [0.15, 0.2) is 42.5 Å². The van der Waals surface area contributed by atoms with Crippen LogP contribution >= 0.6 is 0 Å². The highest BCUT2D eigenvalue weighted by molar-refractivity contribution is 5.37. The molecule has 1 N–H and O–H groups in total. The zero-order valence-corrected chi connectivity index (χ0v) is 12.9. The Kier molecular flexibility index (Phi) is 4.26. The Morgan fingerprint density at radius 2 is 2.10 bits per heavy atom. The maximum Gasteiger partial charge on any atom is 0.119 e. The monoisotopic (exact) mass is 281 g/mol. The van der Waals surface area contributed by atoms with Crippen molar-refractivity contribution >= 4 is 0 Å². The summed E-state index contributed by atoms with van der Waals surface area (Å²) in [6, 6.07) is 15.7. The van der Waals surface area contributed by atoms with Gasteiger partial charge in [0.1, 0.15) is 5.75 Å². The summed E-state index contributed by atoms with van der Waals surface area (Å²) in [6.07, 6.45) is 3.46. The molecule has 2 aromatic carbocycles. The zero-order valence-electron chi connectivity index (χ0n) is 12.9. The van der Waals surface area contributed by atoms with Crippen LogP contribution in [0.2, 0.25) is 0 Å². The van der Waals surface area contributed by atoms with Crippen LogP contribution in [0.5, 0.6) is 5.75 Å². The van der Waals surface area contributed by atoms with Crippen molar-refractivity contribution in [2.75, 3.05) is 13.7 Å². The maximum absolute atomic E-state index is 5.27. The van der Waals surface area contributed by atoms with E-state index in [-0.39, 0.29) is 0 Å². The molecule has 0 bridgehead atoms. The van der Waals surface area contributed by atoms with E-state index in [1.807, 2.05) is 6.07 Å². The van der Waals surface area contributed by atoms with Crippen molar-refractivity contribution in [1.82, 2.24) is 5.32 Å². The second kappa shape index (κ2) is 6.31. The first-order valence-corrected chi connectivity index (χ1v) is 7.72. The lowest BCUT2D eigenvalue weighted by Gasteiger charge is -2.15. The van der Waals surface area contributed by atoms with Crippen LogP contribution in [0.1, 0.15) is 34.7 Å². The number of methoxy groups -OCH3 is 1. The lowest BCUT2D eigenvalue weighted by molar-refractivity contribution is 0.414. The second-order valence-electron chi connectivity index (χ2n) is 5.85. The van der Waals surface area contributed by atoms with Gasteiger partial charge in [-0.25, -0.2) is 0 Å². The number of hydrogen-bond donors (Lipinski definition) is 1. The van der Waals surface area contributed by atoms with Gasteiger partial charge in [0.05, 0.1) is 7.11 Å². The molecule has 0 saturated heterocycles. The van der Waals surface area contributed by atoms with Gasteiger partial charge in [-0.3, -0.25) is 0 Å². The molecule has 2 heteroatoms. The Balaban J connectivity index is 1.58. The third-order valence-electron chi connectivity index (χ3n) is 4.32. The normalized spacial score (nSPS) is 16.8. The topological polar surface area (TPSA) is 21.3 Å². The first-order chi connectivity index (χ1) is 10.3. The molecule has 0 heterocycles. The Bertz CT molecular complexity index is 621. The van der Waals surface area contributed by atoms with Gasteiger partial charge in [0.25, 0.3) is 0 Å². The molecular weight excluding hydrogens is 258 g/mol. The van der Waals surface area contributed by atoms with Crippen LogP contribution in [0.4, 0.5) is 0 Å². The van der Waals surface area contributed by atoms with Gasteiger partial charge in [0, 0.05) is 6.04 Å². The van der Waals surface area contributed by atoms with Gasteiger partial charge in [0.15, 0.2) is 0 Å². The summed E-state index contributed by atoms with van der Waals surface area (Å²) in [6.45, 7) is 3.18. The number of aryl methyl sites for hydroxylation is 2. The minimum atomic E-state index is 0.519. The Labute approximate surface area is 127 Å². The molecule has 0 fully saturated rings. The largest absolute Gasteiger partial charge is 0.497 e. The minimum absolute atomic E-state index is 0.519. The third-order valence-corrected chi connectivity index (χ3v) is 4.32. The molecule has 1 aliphatic rings. The van der Waals surface area contributed by atoms with Crippen molar-refractivity contribution in [2.45, 2.75) is 32.2 Å². The number of ether oxygens (including phenoxy) is 1. The second-order valence-corrected chi connectivity index (χ2v) is 5.85. The van der Waals surface area contributed by atoms with Crippen molar-refractivity contribution in [3.05, 3.63) is 64.7 Å². The van der Waals surface area contributed by atoms with Crippen molar-refractivity contribution in [2.24, 2.45) is 0 Å². The molecule has 0 aliphatic heterocycles. The molecule has 0 aromatic heterocycles. The average molecular weight is 281 g/mol. The summed E-state index contributed by atoms with van der Waals surface area (Å²) in [5.74, 6) is 0.939. The van der Waals surface area contributed by atoms with Gasteiger partial charge in [0.2, 0.25) is 0 Å². The molecule has 1 atom stereocenters. The Morgan fingerprint density at radius 1 is 1.19 bits per heavy atom. The molecule has 3 rings (SSSR count). The summed E-state index contributed by atoms with van der Waals surface area (Å²) in [4.78, 5) is 0. The van der Waals surface area contributed by atoms with Gasteiger partial charge in [-0.15, -0.1) is 0 Å². The molecule has 2 aromatic rings. The van der Waals surface area contributed by atoms with Gasteiger partial charge < -0.3 is 10.1 Å². The van der Waals surface area contributed by atoms with E-state index >= 15 is 0 Å². The Hall–Kier alpha value is -1.80. The highest BCUT2D eigenvalue weighted by atomic mass is 16.5. The van der Waals surface area contributed by atoms with Crippen LogP contribution in [0, 0.1) is 6.92 Å². The van der Waals surface area contributed by atoms with E-state index < -0.39 is 0 Å². The van der Waals surface area contributed by atoms with Crippen molar-refractivity contribution in [1.29, 1.82) is 0 Å². The van der Waals surface area contributed by atoms with E-state index in [2.05, 4.69) is 48.6 Å². The zero-order chi connectivity index (χ0) is 14.7. The van der Waals surface area contributed by atoms with E-state index in [0.29, 0.717) is 6.04 Å². The molecule has 0 spiro atoms. The van der Waals surface area contributed by atoms with Gasteiger partial charge in [-0.1, -0.05) is 35.9 Å². The SMILES string of the molecule is COc1cccc(CCNC2CCc3ccc(C)cc32)c1. The lowest BCUT2D eigenvalue weighted by Crippen LogP contribution is -2.22. The quantitative estimate of drug-likeness (QED) is 0.899. The number of nitrogens with one attached hydrogen (secondary N) is 1. The summed E-state index contributed by atoms with van der Waals surface area (Å²) >= 11 is 0. The highest BCUT2D eigenvalue weighted by Crippen LogP contribution is 2.31. The smallest absolute Gasteiger partial charge is 0.119 e. The van der Waals surface area contributed by atoms with Crippen molar-refractivity contribution in [3.63, 3.8) is 0 Å². The van der Waals surface area contributed by atoms with E-state index in [0.717, 1.165) is 18.7 Å². The van der Waals surface area contributed by atoms with Crippen molar-refractivity contribution in [3.8, 4) is 5.75 Å². The van der Waals surface area contributed by atoms with Gasteiger partial charge >= 0.3 is 0 Å². The standard InChI is InChI=1S/C19H23NO/c1-14-6-7-16-8-9-19(18(16)12-14)20-11-10-15-4-3-5-17(13-15)21-2/h3-7,12-13,19-20H,8-11H2,1-2H3. The first kappa shape index (κ1) is 14.2. The highest BCUT2D eigenvalue weighted by Gasteiger charge is 2.21. The Morgan fingerprint density at radius 3 is 2.95 bits per heavy atom. The van der Waals surface area contributed by atoms with E-state index in [4.69, 9.17) is 4.74 Å². The van der Waals surface area contributed by atoms with E-state index in [9.17, 15) is 0 Å². The molecule has 0 saturated carbocycles. The van der Waals surface area contributed by atoms with Gasteiger partial charge in [-0.2, -0.15) is 0 Å². The van der Waals surface area contributed by atoms with E-state index in [1.54, 1.807) is 7.11 Å². The third kappa shape index (κ3) is 3.27. The molecule has 0 amide bonds. The number of benzene rings is 2. The first-order valence-electron chi connectivity index (χ1n) is 7.72. The summed E-state index contributed by atoms with van der Waals surface area (Å²) < 4.78 is 5.27. The van der Waals surface area contributed by atoms with Crippen LogP contribution < -0.4 is 10.1 Å². The summed E-state index contributed by atoms with van der Waals surface area (Å²) in [5.41, 5.74) is 5.69. The van der Waals surface area contributed by atoms with Gasteiger partial charge in [-0.05, 0) is 61.6 Å². The molecule has 21 heavy (non-hydrogen) atoms. The van der Waals surface area contributed by atoms with Crippen LogP contribution in [-0.2, 0) is 12.8 Å². The molecule has 2 nitrogen and oxygen atoms in total. The molecule has 110 valence electrons. The van der Waals surface area contributed by atoms with Crippen LogP contribution in [0.25, 0.3) is 0 Å². The number of fused-ring (bicyclic) bond motifs is 1. The molecular formula is C19H23NO. The summed E-state index contributed by atoms with van der Waals surface area (Å²) in [5, 5.41) is 3.71. The average Bonchev–Trinajstić information content (AvgIpc) is 2.90. The van der Waals surface area contributed by atoms with Crippen molar-refractivity contribution < 1.29 is 4.74 Å². The predicted octanol–water partition coefficient (Wildman–Crippen LogP) is 3.82. The molecule has 0 radical (unpaired) electrons. The fraction of sp³-hybridized carbons (Fsp3) is 0.368. The predicted molar refractivity (Wildman–Crippen MR) is 86.9 cm³/mol. The van der Waals surface area contributed by atoms with Crippen LogP contribution in [-0.4, -0.2) is 13.7 Å². The molecule has 1 aliphatic carbocycles. The lowest BCUT2D eigenvalue weighted by atomic mass is 10.0. The maximum atomic E-state index is 5.27.